The van der Waals surface area contributed by atoms with E-state index in [1.165, 1.54) is 28.3 Å². The van der Waals surface area contributed by atoms with Gasteiger partial charge in [0, 0.05) is 11.4 Å². The van der Waals surface area contributed by atoms with Crippen LogP contribution in [0.1, 0.15) is 20.2 Å². The van der Waals surface area contributed by atoms with Crippen LogP contribution < -0.4 is 10.6 Å². The molecule has 0 saturated carbocycles. The van der Waals surface area contributed by atoms with Crippen molar-refractivity contribution in [3.8, 4) is 0 Å². The zero-order valence-electron chi connectivity index (χ0n) is 12.9. The van der Waals surface area contributed by atoms with E-state index in [4.69, 9.17) is 0 Å². The van der Waals surface area contributed by atoms with Gasteiger partial charge in [-0.1, -0.05) is 17.4 Å². The lowest BCUT2D eigenvalue weighted by molar-refractivity contribution is 0.0957. The Hall–Kier alpha value is -2.32. The molecule has 5 nitrogen and oxygen atoms in total. The predicted molar refractivity (Wildman–Crippen MR) is 94.7 cm³/mol. The highest BCUT2D eigenvalue weighted by atomic mass is 32.1. The molecule has 1 amide bonds. The minimum atomic E-state index is -0.401. The summed E-state index contributed by atoms with van der Waals surface area (Å²) in [5, 5.41) is 8.46. The van der Waals surface area contributed by atoms with E-state index in [0.29, 0.717) is 28.1 Å². The van der Waals surface area contributed by atoms with E-state index >= 15 is 0 Å². The molecule has 0 aliphatic rings. The van der Waals surface area contributed by atoms with Gasteiger partial charge in [-0.15, -0.1) is 11.3 Å². The van der Waals surface area contributed by atoms with Crippen LogP contribution in [0.2, 0.25) is 0 Å². The fourth-order valence-corrected chi connectivity index (χ4v) is 3.65. The summed E-state index contributed by atoms with van der Waals surface area (Å²) in [5.41, 5.74) is 0.651. The number of carbonyl (C=O) groups is 1. The normalized spacial score (nSPS) is 10.6. The van der Waals surface area contributed by atoms with Gasteiger partial charge in [0.25, 0.3) is 5.91 Å². The Labute approximate surface area is 146 Å². The Morgan fingerprint density at radius 3 is 2.92 bits per heavy atom. The first-order valence-electron chi connectivity index (χ1n) is 7.28. The number of hydrogen-bond donors (Lipinski definition) is 2. The van der Waals surface area contributed by atoms with Gasteiger partial charge < -0.3 is 10.6 Å². The second kappa shape index (κ2) is 7.50. The number of hydrogen-bond acceptors (Lipinski definition) is 6. The number of pyridine rings is 1. The minimum Gasteiger partial charge on any atom is -0.351 e. The highest BCUT2D eigenvalue weighted by molar-refractivity contribution is 7.17. The third kappa shape index (κ3) is 4.15. The van der Waals surface area contributed by atoms with E-state index in [2.05, 4.69) is 20.6 Å². The number of nitrogens with zero attached hydrogens (tertiary/aromatic N) is 2. The van der Waals surface area contributed by atoms with Crippen molar-refractivity contribution in [2.45, 2.75) is 13.3 Å². The lowest BCUT2D eigenvalue weighted by atomic mass is 10.3. The molecule has 0 bridgehead atoms. The molecule has 124 valence electrons. The van der Waals surface area contributed by atoms with Gasteiger partial charge in [-0.3, -0.25) is 4.79 Å². The molecule has 0 aromatic carbocycles. The molecule has 0 unspecified atom stereocenters. The first-order valence-corrected chi connectivity index (χ1v) is 8.98. The molecule has 8 heteroatoms. The summed E-state index contributed by atoms with van der Waals surface area (Å²) in [6.45, 7) is 2.37. The molecule has 3 aromatic heterocycles. The molecule has 3 aromatic rings. The summed E-state index contributed by atoms with van der Waals surface area (Å²) >= 11 is 2.92. The van der Waals surface area contributed by atoms with E-state index in [-0.39, 0.29) is 5.91 Å². The number of carbonyl (C=O) groups excluding carboxylic acids is 1. The van der Waals surface area contributed by atoms with E-state index in [0.717, 1.165) is 12.6 Å². The number of amides is 1. The van der Waals surface area contributed by atoms with Crippen LogP contribution in [0.25, 0.3) is 0 Å². The van der Waals surface area contributed by atoms with Crippen molar-refractivity contribution in [2.24, 2.45) is 0 Å². The summed E-state index contributed by atoms with van der Waals surface area (Å²) in [7, 11) is 0. The predicted octanol–water partition coefficient (Wildman–Crippen LogP) is 3.76. The summed E-state index contributed by atoms with van der Waals surface area (Å²) in [6.07, 6.45) is 1.94. The fraction of sp³-hybridized carbons (Fsp3) is 0.188. The zero-order chi connectivity index (χ0) is 16.9. The quantitative estimate of drug-likeness (QED) is 0.701. The molecule has 0 atom stereocenters. The van der Waals surface area contributed by atoms with E-state index in [1.54, 1.807) is 18.3 Å². The van der Waals surface area contributed by atoms with Crippen molar-refractivity contribution in [1.29, 1.82) is 0 Å². The second-order valence-electron chi connectivity index (χ2n) is 5.01. The van der Waals surface area contributed by atoms with Gasteiger partial charge in [0.1, 0.15) is 16.5 Å². The number of rotatable bonds is 6. The molecule has 0 radical (unpaired) electrons. The van der Waals surface area contributed by atoms with Gasteiger partial charge in [-0.2, -0.15) is 0 Å². The summed E-state index contributed by atoms with van der Waals surface area (Å²) in [6, 6.07) is 6.88. The molecule has 3 rings (SSSR count). The molecule has 0 fully saturated rings. The van der Waals surface area contributed by atoms with Crippen molar-refractivity contribution in [2.75, 3.05) is 11.9 Å². The lowest BCUT2D eigenvalue weighted by Gasteiger charge is -2.02. The molecule has 0 aliphatic carbocycles. The van der Waals surface area contributed by atoms with Crippen LogP contribution in [-0.2, 0) is 6.42 Å². The first kappa shape index (κ1) is 16.5. The fourth-order valence-electron chi connectivity index (χ4n) is 2.05. The summed E-state index contributed by atoms with van der Waals surface area (Å²) in [4.78, 5) is 22.3. The lowest BCUT2D eigenvalue weighted by Crippen LogP contribution is -2.25. The third-order valence-corrected chi connectivity index (χ3v) is 5.21. The molecule has 0 aliphatic heterocycles. The van der Waals surface area contributed by atoms with Crippen molar-refractivity contribution in [1.82, 2.24) is 15.3 Å². The van der Waals surface area contributed by atoms with Crippen LogP contribution in [0.5, 0.6) is 0 Å². The first-order chi connectivity index (χ1) is 11.6. The molecular weight excluding hydrogens is 347 g/mol. The third-order valence-electron chi connectivity index (χ3n) is 3.20. The molecule has 3 heterocycles. The number of thiazole rings is 1. The molecule has 0 spiro atoms. The number of thiophene rings is 1. The number of nitrogens with one attached hydrogen (secondary N) is 2. The highest BCUT2D eigenvalue weighted by Gasteiger charge is 2.15. The maximum absolute atomic E-state index is 12.9. The topological polar surface area (TPSA) is 66.9 Å². The molecule has 2 N–H and O–H groups in total. The molecule has 24 heavy (non-hydrogen) atoms. The van der Waals surface area contributed by atoms with Crippen LogP contribution in [0.3, 0.4) is 0 Å². The number of aryl methyl sites for hydroxylation is 1. The van der Waals surface area contributed by atoms with E-state index in [1.807, 2.05) is 17.5 Å². The second-order valence-corrected chi connectivity index (χ2v) is 7.04. The minimum absolute atomic E-state index is 0.137. The summed E-state index contributed by atoms with van der Waals surface area (Å²) < 4.78 is 12.9. The van der Waals surface area contributed by atoms with Crippen LogP contribution in [0.4, 0.5) is 15.3 Å². The Morgan fingerprint density at radius 2 is 2.21 bits per heavy atom. The maximum Gasteiger partial charge on any atom is 0.263 e. The van der Waals surface area contributed by atoms with Crippen LogP contribution in [0, 0.1) is 12.7 Å². The van der Waals surface area contributed by atoms with Crippen molar-refractivity contribution < 1.29 is 9.18 Å². The van der Waals surface area contributed by atoms with Crippen LogP contribution in [0.15, 0.2) is 35.8 Å². The van der Waals surface area contributed by atoms with Gasteiger partial charge >= 0.3 is 0 Å². The smallest absolute Gasteiger partial charge is 0.263 e. The maximum atomic E-state index is 12.9. The monoisotopic (exact) mass is 362 g/mol. The number of halogens is 1. The molecule has 0 saturated heterocycles. The van der Waals surface area contributed by atoms with Crippen molar-refractivity contribution in [3.63, 3.8) is 0 Å². The van der Waals surface area contributed by atoms with Crippen molar-refractivity contribution in [3.05, 3.63) is 57.1 Å². The number of anilines is 2. The molecular formula is C16H15FN4OS2. The average Bonchev–Trinajstić information content (AvgIpc) is 3.19. The Kier molecular flexibility index (Phi) is 5.17. The van der Waals surface area contributed by atoms with Gasteiger partial charge in [0.15, 0.2) is 5.13 Å². The van der Waals surface area contributed by atoms with Gasteiger partial charge in [0.05, 0.1) is 11.9 Å². The van der Waals surface area contributed by atoms with Crippen molar-refractivity contribution >= 4 is 39.5 Å². The summed E-state index contributed by atoms with van der Waals surface area (Å²) in [5.74, 6) is -0.0573. The zero-order valence-corrected chi connectivity index (χ0v) is 14.5. The Bertz CT molecular complexity index is 815. The van der Waals surface area contributed by atoms with Gasteiger partial charge in [-0.25, -0.2) is 14.4 Å². The largest absolute Gasteiger partial charge is 0.351 e. The Balaban J connectivity index is 1.60. The SMILES string of the molecule is Cc1nc(Nc2ccc(F)cn2)sc1C(=O)NCCc1cccs1. The van der Waals surface area contributed by atoms with E-state index < -0.39 is 5.82 Å². The number of aromatic nitrogens is 2. The highest BCUT2D eigenvalue weighted by Crippen LogP contribution is 2.25. The van der Waals surface area contributed by atoms with E-state index in [9.17, 15) is 9.18 Å². The van der Waals surface area contributed by atoms with Crippen LogP contribution in [-0.4, -0.2) is 22.4 Å². The van der Waals surface area contributed by atoms with Gasteiger partial charge in [0.2, 0.25) is 0 Å². The van der Waals surface area contributed by atoms with Gasteiger partial charge in [-0.05, 0) is 36.9 Å². The average molecular weight is 362 g/mol. The Morgan fingerprint density at radius 1 is 1.33 bits per heavy atom. The standard InChI is InChI=1S/C16H15FN4OS2/c1-10-14(15(22)18-7-6-12-3-2-8-23-12)24-16(20-10)21-13-5-4-11(17)9-19-13/h2-5,8-9H,6-7H2,1H3,(H,18,22)(H,19,20,21). The van der Waals surface area contributed by atoms with Crippen LogP contribution >= 0.6 is 22.7 Å².